The molecule has 1 heterocycles. The van der Waals surface area contributed by atoms with Gasteiger partial charge in [-0.25, -0.2) is 0 Å². The number of unbranched alkanes of at least 4 members (excludes halogenated alkanes) is 1. The predicted octanol–water partition coefficient (Wildman–Crippen LogP) is 1.32. The molecule has 2 N–H and O–H groups in total. The highest BCUT2D eigenvalue weighted by Gasteiger charge is 2.30. The second-order valence-corrected chi connectivity index (χ2v) is 4.89. The van der Waals surface area contributed by atoms with Crippen LogP contribution in [0.2, 0.25) is 0 Å². The summed E-state index contributed by atoms with van der Waals surface area (Å²) in [5.74, 6) is -0.754. The average molecular weight is 228 g/mol. The van der Waals surface area contributed by atoms with E-state index in [2.05, 4.69) is 10.2 Å². The first-order valence-corrected chi connectivity index (χ1v) is 6.23. The van der Waals surface area contributed by atoms with E-state index in [0.29, 0.717) is 6.42 Å². The van der Waals surface area contributed by atoms with Gasteiger partial charge in [0.1, 0.15) is 5.54 Å². The largest absolute Gasteiger partial charge is 0.480 e. The average Bonchev–Trinajstić information content (AvgIpc) is 2.76. The molecule has 0 radical (unpaired) electrons. The highest BCUT2D eigenvalue weighted by molar-refractivity contribution is 5.78. The second kappa shape index (κ2) is 6.21. The van der Waals surface area contributed by atoms with Gasteiger partial charge in [-0.3, -0.25) is 4.79 Å². The lowest BCUT2D eigenvalue weighted by Gasteiger charge is -2.24. The van der Waals surface area contributed by atoms with Crippen molar-refractivity contribution in [3.63, 3.8) is 0 Å². The van der Waals surface area contributed by atoms with E-state index in [0.717, 1.165) is 19.4 Å². The Labute approximate surface area is 98.0 Å². The first kappa shape index (κ1) is 13.5. The highest BCUT2D eigenvalue weighted by Crippen LogP contribution is 2.15. The van der Waals surface area contributed by atoms with Crippen LogP contribution in [-0.2, 0) is 4.79 Å². The molecule has 4 heteroatoms. The van der Waals surface area contributed by atoms with Gasteiger partial charge in [-0.05, 0) is 65.7 Å². The summed E-state index contributed by atoms with van der Waals surface area (Å²) in [5.41, 5.74) is -0.759. The number of likely N-dealkylation sites (N-methyl/N-ethyl adjacent to an activating group) is 1. The summed E-state index contributed by atoms with van der Waals surface area (Å²) in [6, 6.07) is 0. The second-order valence-electron chi connectivity index (χ2n) is 4.89. The molecule has 0 aliphatic carbocycles. The lowest BCUT2D eigenvalue weighted by atomic mass is 9.95. The van der Waals surface area contributed by atoms with Gasteiger partial charge < -0.3 is 15.3 Å². The van der Waals surface area contributed by atoms with E-state index in [1.807, 2.05) is 0 Å². The molecule has 1 aliphatic heterocycles. The molecule has 0 saturated carbocycles. The van der Waals surface area contributed by atoms with Gasteiger partial charge in [0.05, 0.1) is 0 Å². The zero-order valence-electron chi connectivity index (χ0n) is 10.5. The van der Waals surface area contributed by atoms with Gasteiger partial charge in [0.2, 0.25) is 0 Å². The van der Waals surface area contributed by atoms with Crippen molar-refractivity contribution in [3.8, 4) is 0 Å². The molecular formula is C12H24N2O2. The van der Waals surface area contributed by atoms with Crippen LogP contribution in [0.25, 0.3) is 0 Å². The molecule has 0 spiro atoms. The summed E-state index contributed by atoms with van der Waals surface area (Å²) in [4.78, 5) is 13.5. The fourth-order valence-electron chi connectivity index (χ4n) is 2.16. The van der Waals surface area contributed by atoms with Crippen molar-refractivity contribution in [1.29, 1.82) is 0 Å². The van der Waals surface area contributed by atoms with Gasteiger partial charge in [0.25, 0.3) is 0 Å². The van der Waals surface area contributed by atoms with Crippen molar-refractivity contribution in [2.75, 3.05) is 26.7 Å². The molecule has 1 fully saturated rings. The van der Waals surface area contributed by atoms with Gasteiger partial charge in [0.15, 0.2) is 0 Å². The molecule has 1 saturated heterocycles. The molecular weight excluding hydrogens is 204 g/mol. The summed E-state index contributed by atoms with van der Waals surface area (Å²) in [5, 5.41) is 12.0. The van der Waals surface area contributed by atoms with Crippen molar-refractivity contribution >= 4 is 5.97 Å². The molecule has 0 bridgehead atoms. The summed E-state index contributed by atoms with van der Waals surface area (Å²) in [6.07, 6.45) is 5.42. The Bertz CT molecular complexity index is 227. The van der Waals surface area contributed by atoms with Crippen LogP contribution in [0, 0.1) is 0 Å². The number of carboxylic acids is 1. The van der Waals surface area contributed by atoms with Gasteiger partial charge in [-0.2, -0.15) is 0 Å². The van der Waals surface area contributed by atoms with E-state index < -0.39 is 11.5 Å². The van der Waals surface area contributed by atoms with Crippen LogP contribution in [0.15, 0.2) is 0 Å². The van der Waals surface area contributed by atoms with E-state index in [4.69, 9.17) is 5.11 Å². The van der Waals surface area contributed by atoms with Crippen LogP contribution in [0.3, 0.4) is 0 Å². The SMILES string of the molecule is CNC(C)(CCCCN1CCCC1)C(=O)O. The van der Waals surface area contributed by atoms with E-state index in [-0.39, 0.29) is 0 Å². The van der Waals surface area contributed by atoms with Crippen LogP contribution < -0.4 is 5.32 Å². The van der Waals surface area contributed by atoms with Crippen LogP contribution in [0.4, 0.5) is 0 Å². The van der Waals surface area contributed by atoms with Crippen molar-refractivity contribution in [2.24, 2.45) is 0 Å². The number of hydrogen-bond donors (Lipinski definition) is 2. The smallest absolute Gasteiger partial charge is 0.323 e. The van der Waals surface area contributed by atoms with E-state index >= 15 is 0 Å². The third kappa shape index (κ3) is 3.76. The normalized spacial score (nSPS) is 20.9. The number of nitrogens with zero attached hydrogens (tertiary/aromatic N) is 1. The fourth-order valence-corrected chi connectivity index (χ4v) is 2.16. The molecule has 16 heavy (non-hydrogen) atoms. The lowest BCUT2D eigenvalue weighted by molar-refractivity contribution is -0.144. The van der Waals surface area contributed by atoms with E-state index in [9.17, 15) is 4.79 Å². The quantitative estimate of drug-likeness (QED) is 0.645. The minimum Gasteiger partial charge on any atom is -0.480 e. The van der Waals surface area contributed by atoms with Crippen molar-refractivity contribution in [1.82, 2.24) is 10.2 Å². The van der Waals surface area contributed by atoms with Crippen LogP contribution in [0.5, 0.6) is 0 Å². The fraction of sp³-hybridized carbons (Fsp3) is 0.917. The van der Waals surface area contributed by atoms with Crippen molar-refractivity contribution in [3.05, 3.63) is 0 Å². The molecule has 4 nitrogen and oxygen atoms in total. The molecule has 0 aromatic heterocycles. The summed E-state index contributed by atoms with van der Waals surface area (Å²) in [7, 11) is 1.72. The standard InChI is InChI=1S/C12H24N2O2/c1-12(13-2,11(15)16)7-3-4-8-14-9-5-6-10-14/h13H,3-10H2,1-2H3,(H,15,16). The van der Waals surface area contributed by atoms with Crippen LogP contribution in [-0.4, -0.2) is 48.2 Å². The van der Waals surface area contributed by atoms with Crippen LogP contribution >= 0.6 is 0 Å². The molecule has 1 rings (SSSR count). The van der Waals surface area contributed by atoms with Gasteiger partial charge in [0, 0.05) is 0 Å². The monoisotopic (exact) mass is 228 g/mol. The Balaban J connectivity index is 2.15. The first-order chi connectivity index (χ1) is 7.58. The number of likely N-dealkylation sites (tertiary alicyclic amines) is 1. The Kier molecular flexibility index (Phi) is 5.22. The topological polar surface area (TPSA) is 52.6 Å². The highest BCUT2D eigenvalue weighted by atomic mass is 16.4. The van der Waals surface area contributed by atoms with Crippen LogP contribution in [0.1, 0.15) is 39.0 Å². The molecule has 0 amide bonds. The minimum atomic E-state index is -0.759. The Morgan fingerprint density at radius 3 is 2.50 bits per heavy atom. The maximum atomic E-state index is 11.0. The number of carboxylic acid groups (broad SMARTS) is 1. The maximum Gasteiger partial charge on any atom is 0.323 e. The molecule has 1 aliphatic rings. The summed E-state index contributed by atoms with van der Waals surface area (Å²) < 4.78 is 0. The number of carbonyl (C=O) groups is 1. The predicted molar refractivity (Wildman–Crippen MR) is 64.6 cm³/mol. The number of aliphatic carboxylic acids is 1. The van der Waals surface area contributed by atoms with E-state index in [1.165, 1.54) is 25.9 Å². The molecule has 1 unspecified atom stereocenters. The number of nitrogens with one attached hydrogen (secondary N) is 1. The Morgan fingerprint density at radius 2 is 2.00 bits per heavy atom. The zero-order chi connectivity index (χ0) is 12.0. The molecule has 1 atom stereocenters. The third-order valence-electron chi connectivity index (χ3n) is 3.62. The van der Waals surface area contributed by atoms with Gasteiger partial charge >= 0.3 is 5.97 Å². The van der Waals surface area contributed by atoms with E-state index in [1.54, 1.807) is 14.0 Å². The Morgan fingerprint density at radius 1 is 1.38 bits per heavy atom. The maximum absolute atomic E-state index is 11.0. The van der Waals surface area contributed by atoms with Gasteiger partial charge in [-0.1, -0.05) is 0 Å². The minimum absolute atomic E-state index is 0.701. The van der Waals surface area contributed by atoms with Gasteiger partial charge in [-0.15, -0.1) is 0 Å². The molecule has 0 aromatic rings. The summed E-state index contributed by atoms with van der Waals surface area (Å²) >= 11 is 0. The Hall–Kier alpha value is -0.610. The zero-order valence-corrected chi connectivity index (χ0v) is 10.5. The number of rotatable bonds is 7. The summed E-state index contributed by atoms with van der Waals surface area (Å²) in [6.45, 7) is 5.33. The number of hydrogen-bond acceptors (Lipinski definition) is 3. The van der Waals surface area contributed by atoms with Crippen molar-refractivity contribution in [2.45, 2.75) is 44.6 Å². The molecule has 0 aromatic carbocycles. The lowest BCUT2D eigenvalue weighted by Crippen LogP contribution is -2.47. The molecule has 94 valence electrons. The first-order valence-electron chi connectivity index (χ1n) is 6.23. The third-order valence-corrected chi connectivity index (χ3v) is 3.62. The van der Waals surface area contributed by atoms with Crippen molar-refractivity contribution < 1.29 is 9.90 Å².